The third kappa shape index (κ3) is 2.71. The van der Waals surface area contributed by atoms with Crippen LogP contribution in [0.4, 0.5) is 0 Å². The van der Waals surface area contributed by atoms with Crippen molar-refractivity contribution in [2.45, 2.75) is 38.6 Å². The van der Waals surface area contributed by atoms with E-state index in [0.717, 1.165) is 30.8 Å². The van der Waals surface area contributed by atoms with Gasteiger partial charge in [-0.05, 0) is 26.2 Å². The third-order valence-electron chi connectivity index (χ3n) is 3.62. The molecule has 0 aromatic carbocycles. The average Bonchev–Trinajstić information content (AvgIpc) is 2.86. The first-order valence-electron chi connectivity index (χ1n) is 6.95. The maximum atomic E-state index is 11.5. The summed E-state index contributed by atoms with van der Waals surface area (Å²) < 4.78 is 2.08. The van der Waals surface area contributed by atoms with Crippen LogP contribution in [0, 0.1) is 6.92 Å². The first kappa shape index (κ1) is 12.8. The van der Waals surface area contributed by atoms with Gasteiger partial charge in [0, 0.05) is 30.1 Å². The molecule has 20 heavy (non-hydrogen) atoms. The van der Waals surface area contributed by atoms with Gasteiger partial charge in [0.05, 0.1) is 6.54 Å². The zero-order valence-corrected chi connectivity index (χ0v) is 11.5. The lowest BCUT2D eigenvalue weighted by molar-refractivity contribution is 0.545. The van der Waals surface area contributed by atoms with E-state index >= 15 is 0 Å². The van der Waals surface area contributed by atoms with Gasteiger partial charge in [-0.1, -0.05) is 12.2 Å². The molecule has 3 rings (SSSR count). The second kappa shape index (κ2) is 5.45. The zero-order chi connectivity index (χ0) is 13.9. The van der Waals surface area contributed by atoms with E-state index < -0.39 is 0 Å². The molecule has 0 saturated carbocycles. The molecule has 0 spiro atoms. The molecule has 0 amide bonds. The minimum Gasteiger partial charge on any atom is -0.327 e. The lowest BCUT2D eigenvalue weighted by Gasteiger charge is -2.18. The normalized spacial score (nSPS) is 18.4. The van der Waals surface area contributed by atoms with Crippen LogP contribution in [0.25, 0.3) is 0 Å². The first-order valence-corrected chi connectivity index (χ1v) is 6.95. The SMILES string of the molecule is Cc1cc(=O)[nH]c(Cn2ccnc2C2CC=CCC2)n1. The molecule has 1 unspecified atom stereocenters. The smallest absolute Gasteiger partial charge is 0.251 e. The quantitative estimate of drug-likeness (QED) is 0.869. The fourth-order valence-electron chi connectivity index (χ4n) is 2.72. The minimum atomic E-state index is -0.102. The van der Waals surface area contributed by atoms with E-state index in [-0.39, 0.29) is 5.56 Å². The van der Waals surface area contributed by atoms with Crippen LogP contribution in [0.1, 0.15) is 42.5 Å². The molecule has 0 bridgehead atoms. The lowest BCUT2D eigenvalue weighted by atomic mass is 9.94. The molecule has 2 aromatic rings. The van der Waals surface area contributed by atoms with Gasteiger partial charge >= 0.3 is 0 Å². The number of imidazole rings is 1. The highest BCUT2D eigenvalue weighted by atomic mass is 16.1. The Morgan fingerprint density at radius 1 is 1.45 bits per heavy atom. The average molecular weight is 270 g/mol. The highest BCUT2D eigenvalue weighted by molar-refractivity contribution is 5.09. The summed E-state index contributed by atoms with van der Waals surface area (Å²) in [7, 11) is 0. The number of allylic oxidation sites excluding steroid dienone is 2. The zero-order valence-electron chi connectivity index (χ0n) is 11.5. The number of aromatic nitrogens is 4. The van der Waals surface area contributed by atoms with E-state index in [4.69, 9.17) is 0 Å². The van der Waals surface area contributed by atoms with E-state index in [1.54, 1.807) is 0 Å². The Morgan fingerprint density at radius 3 is 3.10 bits per heavy atom. The summed E-state index contributed by atoms with van der Waals surface area (Å²) in [5, 5.41) is 0. The van der Waals surface area contributed by atoms with Gasteiger partial charge in [-0.25, -0.2) is 9.97 Å². The molecule has 5 nitrogen and oxygen atoms in total. The summed E-state index contributed by atoms with van der Waals surface area (Å²) in [5.41, 5.74) is 0.640. The lowest BCUT2D eigenvalue weighted by Crippen LogP contribution is -2.16. The van der Waals surface area contributed by atoms with Gasteiger partial charge in [0.1, 0.15) is 11.6 Å². The summed E-state index contributed by atoms with van der Waals surface area (Å²) in [6, 6.07) is 1.50. The van der Waals surface area contributed by atoms with Crippen LogP contribution in [0.2, 0.25) is 0 Å². The van der Waals surface area contributed by atoms with Gasteiger partial charge in [-0.3, -0.25) is 4.79 Å². The van der Waals surface area contributed by atoms with Crippen molar-refractivity contribution in [3.8, 4) is 0 Å². The molecule has 1 atom stereocenters. The Labute approximate surface area is 117 Å². The Bertz CT molecular complexity index is 683. The monoisotopic (exact) mass is 270 g/mol. The number of nitrogens with zero attached hydrogens (tertiary/aromatic N) is 3. The molecule has 104 valence electrons. The van der Waals surface area contributed by atoms with Crippen molar-refractivity contribution in [3.05, 3.63) is 58.3 Å². The predicted molar refractivity (Wildman–Crippen MR) is 76.7 cm³/mol. The topological polar surface area (TPSA) is 63.6 Å². The van der Waals surface area contributed by atoms with E-state index in [1.165, 1.54) is 6.07 Å². The van der Waals surface area contributed by atoms with Crippen LogP contribution < -0.4 is 5.56 Å². The van der Waals surface area contributed by atoms with E-state index in [2.05, 4.69) is 31.7 Å². The minimum absolute atomic E-state index is 0.102. The summed E-state index contributed by atoms with van der Waals surface area (Å²) in [6.07, 6.45) is 11.5. The maximum absolute atomic E-state index is 11.5. The van der Waals surface area contributed by atoms with Crippen LogP contribution in [0.3, 0.4) is 0 Å². The van der Waals surface area contributed by atoms with Crippen LogP contribution in [-0.2, 0) is 6.54 Å². The number of nitrogens with one attached hydrogen (secondary N) is 1. The molecule has 0 aliphatic heterocycles. The molecule has 2 heterocycles. The summed E-state index contributed by atoms with van der Waals surface area (Å²) >= 11 is 0. The molecular weight excluding hydrogens is 252 g/mol. The van der Waals surface area contributed by atoms with Crippen LogP contribution in [-0.4, -0.2) is 19.5 Å². The number of hydrogen-bond donors (Lipinski definition) is 1. The van der Waals surface area contributed by atoms with Crippen LogP contribution >= 0.6 is 0 Å². The van der Waals surface area contributed by atoms with E-state index in [0.29, 0.717) is 18.3 Å². The van der Waals surface area contributed by atoms with Crippen molar-refractivity contribution in [3.63, 3.8) is 0 Å². The Morgan fingerprint density at radius 2 is 2.35 bits per heavy atom. The number of hydrogen-bond acceptors (Lipinski definition) is 3. The van der Waals surface area contributed by atoms with Gasteiger partial charge in [0.15, 0.2) is 0 Å². The molecule has 1 aliphatic carbocycles. The van der Waals surface area contributed by atoms with Crippen LogP contribution in [0.15, 0.2) is 35.4 Å². The fourth-order valence-corrected chi connectivity index (χ4v) is 2.72. The molecule has 1 aliphatic rings. The summed E-state index contributed by atoms with van der Waals surface area (Å²) in [4.78, 5) is 23.2. The molecule has 1 N–H and O–H groups in total. The highest BCUT2D eigenvalue weighted by Gasteiger charge is 2.17. The number of aryl methyl sites for hydroxylation is 1. The maximum Gasteiger partial charge on any atom is 0.251 e. The van der Waals surface area contributed by atoms with Crippen LogP contribution in [0.5, 0.6) is 0 Å². The van der Waals surface area contributed by atoms with E-state index in [1.807, 2.05) is 19.3 Å². The van der Waals surface area contributed by atoms with Crippen molar-refractivity contribution in [1.29, 1.82) is 0 Å². The van der Waals surface area contributed by atoms with E-state index in [9.17, 15) is 4.79 Å². The van der Waals surface area contributed by atoms with Gasteiger partial charge in [0.2, 0.25) is 0 Å². The molecule has 0 radical (unpaired) electrons. The van der Waals surface area contributed by atoms with Gasteiger partial charge in [-0.2, -0.15) is 0 Å². The largest absolute Gasteiger partial charge is 0.327 e. The Balaban J connectivity index is 1.86. The second-order valence-electron chi connectivity index (χ2n) is 5.23. The molecule has 0 fully saturated rings. The van der Waals surface area contributed by atoms with Crippen molar-refractivity contribution in [2.24, 2.45) is 0 Å². The number of rotatable bonds is 3. The number of H-pyrrole nitrogens is 1. The van der Waals surface area contributed by atoms with Gasteiger partial charge in [-0.15, -0.1) is 0 Å². The summed E-state index contributed by atoms with van der Waals surface area (Å²) in [6.45, 7) is 2.39. The standard InChI is InChI=1S/C15H18N4O/c1-11-9-14(20)18-13(17-11)10-19-8-7-16-15(19)12-5-3-2-4-6-12/h2-3,7-9,12H,4-6,10H2,1H3,(H,17,18,20). The third-order valence-corrected chi connectivity index (χ3v) is 3.62. The van der Waals surface area contributed by atoms with Crippen molar-refractivity contribution in [1.82, 2.24) is 19.5 Å². The van der Waals surface area contributed by atoms with Gasteiger partial charge < -0.3 is 9.55 Å². The fraction of sp³-hybridized carbons (Fsp3) is 0.400. The van der Waals surface area contributed by atoms with Crippen molar-refractivity contribution >= 4 is 0 Å². The van der Waals surface area contributed by atoms with Crippen molar-refractivity contribution < 1.29 is 0 Å². The molecule has 5 heteroatoms. The Kier molecular flexibility index (Phi) is 3.50. The van der Waals surface area contributed by atoms with Crippen molar-refractivity contribution in [2.75, 3.05) is 0 Å². The predicted octanol–water partition coefficient (Wildman–Crippen LogP) is 2.15. The molecule has 2 aromatic heterocycles. The first-order chi connectivity index (χ1) is 9.72. The second-order valence-corrected chi connectivity index (χ2v) is 5.23. The Hall–Kier alpha value is -2.17. The summed E-state index contributed by atoms with van der Waals surface area (Å²) in [5.74, 6) is 2.23. The van der Waals surface area contributed by atoms with Gasteiger partial charge in [0.25, 0.3) is 5.56 Å². The molecule has 0 saturated heterocycles. The highest BCUT2D eigenvalue weighted by Crippen LogP contribution is 2.27. The number of aromatic amines is 1. The molecular formula is C15H18N4O.